The van der Waals surface area contributed by atoms with Gasteiger partial charge in [0.1, 0.15) is 5.39 Å². The molecule has 0 atom stereocenters. The lowest BCUT2D eigenvalue weighted by atomic mass is 10.0. The Hall–Kier alpha value is -2.89. The number of carbonyl (C=O) groups excluding carboxylic acids is 1. The predicted molar refractivity (Wildman–Crippen MR) is 77.4 cm³/mol. The lowest BCUT2D eigenvalue weighted by Crippen LogP contribution is -2.14. The molecule has 0 saturated carbocycles. The van der Waals surface area contributed by atoms with Gasteiger partial charge in [0.25, 0.3) is 5.91 Å². The maximum Gasteiger partial charge on any atom is 0.284 e. The van der Waals surface area contributed by atoms with Gasteiger partial charge in [-0.2, -0.15) is 0 Å². The first-order valence-corrected chi connectivity index (χ1v) is 6.26. The van der Waals surface area contributed by atoms with E-state index in [9.17, 15) is 14.7 Å². The molecule has 106 valence electrons. The number of hydrogen-bond donors (Lipinski definition) is 2. The fraction of sp³-hybridized carbons (Fsp3) is 0.133. The van der Waals surface area contributed by atoms with Crippen molar-refractivity contribution in [1.29, 1.82) is 0 Å². The lowest BCUT2D eigenvalue weighted by molar-refractivity contribution is 0.0974. The molecule has 21 heavy (non-hydrogen) atoms. The van der Waals surface area contributed by atoms with Crippen molar-refractivity contribution in [3.63, 3.8) is 0 Å². The molecular weight excluding hydrogens is 272 g/mol. The highest BCUT2D eigenvalue weighted by Gasteiger charge is 2.17. The summed E-state index contributed by atoms with van der Waals surface area (Å²) < 4.78 is 5.42. The number of benzene rings is 1. The minimum absolute atomic E-state index is 0.0595. The van der Waals surface area contributed by atoms with Crippen LogP contribution in [0.3, 0.4) is 0 Å². The Morgan fingerprint density at radius 2 is 2.05 bits per heavy atom. The SMILES string of the molecule is Cc1ccc2c(nc(O)c3c(=O)cc(C(N)=O)oc32)c1C. The van der Waals surface area contributed by atoms with E-state index in [2.05, 4.69) is 4.98 Å². The Kier molecular flexibility index (Phi) is 2.69. The van der Waals surface area contributed by atoms with E-state index in [1.54, 1.807) is 6.07 Å². The average Bonchev–Trinajstić information content (AvgIpc) is 2.42. The van der Waals surface area contributed by atoms with E-state index in [0.717, 1.165) is 17.2 Å². The molecule has 0 aliphatic rings. The molecule has 6 nitrogen and oxygen atoms in total. The van der Waals surface area contributed by atoms with Gasteiger partial charge in [0.15, 0.2) is 16.8 Å². The molecule has 2 aromatic heterocycles. The number of nitrogens with two attached hydrogens (primary N) is 1. The first-order valence-electron chi connectivity index (χ1n) is 6.26. The first-order chi connectivity index (χ1) is 9.90. The van der Waals surface area contributed by atoms with Crippen LogP contribution in [0.15, 0.2) is 27.4 Å². The molecule has 1 aromatic carbocycles. The number of pyridine rings is 1. The van der Waals surface area contributed by atoms with E-state index in [1.165, 1.54) is 0 Å². The number of fused-ring (bicyclic) bond motifs is 3. The number of amides is 1. The maximum absolute atomic E-state index is 12.1. The maximum atomic E-state index is 12.1. The molecule has 0 fully saturated rings. The van der Waals surface area contributed by atoms with Gasteiger partial charge in [-0.3, -0.25) is 9.59 Å². The zero-order valence-electron chi connectivity index (χ0n) is 11.4. The molecule has 0 aliphatic heterocycles. The summed E-state index contributed by atoms with van der Waals surface area (Å²) in [5.41, 5.74) is 7.08. The van der Waals surface area contributed by atoms with E-state index in [1.807, 2.05) is 19.9 Å². The van der Waals surface area contributed by atoms with Crippen LogP contribution in [-0.2, 0) is 0 Å². The molecular formula is C15H12N2O4. The van der Waals surface area contributed by atoms with Gasteiger partial charge in [-0.1, -0.05) is 6.07 Å². The molecule has 2 heterocycles. The largest absolute Gasteiger partial charge is 0.493 e. The topological polar surface area (TPSA) is 106 Å². The van der Waals surface area contributed by atoms with Crippen LogP contribution in [0.1, 0.15) is 21.7 Å². The van der Waals surface area contributed by atoms with Crippen LogP contribution in [0.4, 0.5) is 0 Å². The van der Waals surface area contributed by atoms with Crippen LogP contribution in [0.25, 0.3) is 21.9 Å². The number of primary amides is 1. The summed E-state index contributed by atoms with van der Waals surface area (Å²) in [6.07, 6.45) is 0. The Balaban J connectivity index is 2.62. The van der Waals surface area contributed by atoms with Gasteiger partial charge in [-0.15, -0.1) is 0 Å². The van der Waals surface area contributed by atoms with E-state index in [4.69, 9.17) is 10.2 Å². The van der Waals surface area contributed by atoms with Gasteiger partial charge in [0.2, 0.25) is 5.88 Å². The van der Waals surface area contributed by atoms with Crippen LogP contribution in [-0.4, -0.2) is 16.0 Å². The number of aromatic nitrogens is 1. The van der Waals surface area contributed by atoms with Crippen LogP contribution in [0.5, 0.6) is 5.88 Å². The molecule has 3 aromatic rings. The van der Waals surface area contributed by atoms with Crippen molar-refractivity contribution in [2.75, 3.05) is 0 Å². The van der Waals surface area contributed by atoms with Gasteiger partial charge < -0.3 is 15.3 Å². The number of aromatic hydroxyl groups is 1. The monoisotopic (exact) mass is 284 g/mol. The fourth-order valence-corrected chi connectivity index (χ4v) is 2.31. The van der Waals surface area contributed by atoms with E-state index < -0.39 is 17.2 Å². The standard InChI is InChI=1S/C15H12N2O4/c1-6-3-4-8-12(7(6)2)17-15(20)11-9(18)5-10(14(16)19)21-13(8)11/h3-5H,1-2H3,(H2,16,19)(H,17,20). The molecule has 1 amide bonds. The molecule has 0 unspecified atom stereocenters. The summed E-state index contributed by atoms with van der Waals surface area (Å²) in [4.78, 5) is 27.4. The van der Waals surface area contributed by atoms with Crippen LogP contribution < -0.4 is 11.2 Å². The number of rotatable bonds is 1. The molecule has 3 rings (SSSR count). The third kappa shape index (κ3) is 1.84. The predicted octanol–water partition coefficient (Wildman–Crippen LogP) is 1.76. The normalized spacial score (nSPS) is 11.1. The summed E-state index contributed by atoms with van der Waals surface area (Å²) >= 11 is 0. The molecule has 0 bridgehead atoms. The van der Waals surface area contributed by atoms with Crippen molar-refractivity contribution < 1.29 is 14.3 Å². The Bertz CT molecular complexity index is 973. The fourth-order valence-electron chi connectivity index (χ4n) is 2.31. The van der Waals surface area contributed by atoms with Gasteiger partial charge in [0.05, 0.1) is 5.52 Å². The third-order valence-electron chi connectivity index (χ3n) is 3.58. The summed E-state index contributed by atoms with van der Waals surface area (Å²) in [6.45, 7) is 3.76. The van der Waals surface area contributed by atoms with E-state index in [0.29, 0.717) is 10.9 Å². The van der Waals surface area contributed by atoms with Gasteiger partial charge in [-0.25, -0.2) is 4.98 Å². The molecule has 6 heteroatoms. The minimum atomic E-state index is -0.845. The van der Waals surface area contributed by atoms with Crippen molar-refractivity contribution in [3.05, 3.63) is 45.3 Å². The smallest absolute Gasteiger partial charge is 0.284 e. The van der Waals surface area contributed by atoms with Gasteiger partial charge in [0, 0.05) is 11.5 Å². The van der Waals surface area contributed by atoms with Crippen molar-refractivity contribution in [2.45, 2.75) is 13.8 Å². The zero-order valence-corrected chi connectivity index (χ0v) is 11.4. The van der Waals surface area contributed by atoms with Crippen LogP contribution in [0.2, 0.25) is 0 Å². The quantitative estimate of drug-likeness (QED) is 0.662. The number of hydrogen-bond acceptors (Lipinski definition) is 5. The van der Waals surface area contributed by atoms with Crippen LogP contribution >= 0.6 is 0 Å². The highest BCUT2D eigenvalue weighted by atomic mass is 16.3. The lowest BCUT2D eigenvalue weighted by Gasteiger charge is -2.09. The minimum Gasteiger partial charge on any atom is -0.493 e. The third-order valence-corrected chi connectivity index (χ3v) is 3.58. The highest BCUT2D eigenvalue weighted by molar-refractivity contribution is 6.06. The molecule has 0 spiro atoms. The summed E-state index contributed by atoms with van der Waals surface area (Å²) in [6, 6.07) is 4.55. The van der Waals surface area contributed by atoms with Crippen molar-refractivity contribution >= 4 is 27.8 Å². The molecule has 0 saturated heterocycles. The second-order valence-electron chi connectivity index (χ2n) is 4.88. The van der Waals surface area contributed by atoms with E-state index >= 15 is 0 Å². The van der Waals surface area contributed by atoms with Crippen LogP contribution in [0, 0.1) is 13.8 Å². The zero-order chi connectivity index (χ0) is 15.3. The van der Waals surface area contributed by atoms with Gasteiger partial charge >= 0.3 is 0 Å². The summed E-state index contributed by atoms with van der Waals surface area (Å²) in [5.74, 6) is -1.52. The number of aryl methyl sites for hydroxylation is 2. The van der Waals surface area contributed by atoms with Crippen molar-refractivity contribution in [3.8, 4) is 5.88 Å². The summed E-state index contributed by atoms with van der Waals surface area (Å²) in [7, 11) is 0. The number of carbonyl (C=O) groups is 1. The van der Waals surface area contributed by atoms with Gasteiger partial charge in [-0.05, 0) is 31.0 Å². The number of nitrogens with zero attached hydrogens (tertiary/aromatic N) is 1. The molecule has 3 N–H and O–H groups in total. The average molecular weight is 284 g/mol. The molecule has 0 radical (unpaired) electrons. The Morgan fingerprint density at radius 1 is 1.33 bits per heavy atom. The second-order valence-corrected chi connectivity index (χ2v) is 4.88. The molecule has 0 aliphatic carbocycles. The van der Waals surface area contributed by atoms with Crippen molar-refractivity contribution in [1.82, 2.24) is 4.98 Å². The Labute approximate surface area is 118 Å². The highest BCUT2D eigenvalue weighted by Crippen LogP contribution is 2.31. The summed E-state index contributed by atoms with van der Waals surface area (Å²) in [5, 5.41) is 10.5. The Morgan fingerprint density at radius 3 is 2.71 bits per heavy atom. The second kappa shape index (κ2) is 4.31. The van der Waals surface area contributed by atoms with E-state index in [-0.39, 0.29) is 16.7 Å². The van der Waals surface area contributed by atoms with Crippen molar-refractivity contribution in [2.24, 2.45) is 5.73 Å². The first kappa shape index (κ1) is 13.1.